The highest BCUT2D eigenvalue weighted by Gasteiger charge is 2.35. The van der Waals surface area contributed by atoms with Gasteiger partial charge in [-0.2, -0.15) is 0 Å². The number of likely N-dealkylation sites (tertiary alicyclic amines) is 1. The summed E-state index contributed by atoms with van der Waals surface area (Å²) in [5, 5.41) is 11.6. The monoisotopic (exact) mass is 262 g/mol. The molecule has 1 aliphatic rings. The quantitative estimate of drug-likeness (QED) is 0.876. The van der Waals surface area contributed by atoms with Crippen LogP contribution in [0.3, 0.4) is 0 Å². The fraction of sp³-hybridized carbons (Fsp3) is 0.429. The first-order valence-corrected chi connectivity index (χ1v) is 6.39. The first-order chi connectivity index (χ1) is 9.01. The normalized spacial score (nSPS) is 14.9. The molecule has 0 bridgehead atoms. The summed E-state index contributed by atoms with van der Waals surface area (Å²) in [5.41, 5.74) is 3.16. The predicted molar refractivity (Wildman–Crippen MR) is 72.3 cm³/mol. The highest BCUT2D eigenvalue weighted by molar-refractivity contribution is 5.91. The number of carbonyl (C=O) groups excluding carboxylic acids is 1. The zero-order chi connectivity index (χ0) is 14.0. The third kappa shape index (κ3) is 2.86. The van der Waals surface area contributed by atoms with E-state index in [-0.39, 0.29) is 19.1 Å². The summed E-state index contributed by atoms with van der Waals surface area (Å²) >= 11 is 0. The number of hydrogen-bond donors (Lipinski definition) is 2. The average molecular weight is 262 g/mol. The van der Waals surface area contributed by atoms with Crippen LogP contribution in [-0.2, 0) is 11.2 Å². The molecule has 102 valence electrons. The number of anilines is 1. The number of urea groups is 1. The number of aliphatic carboxylic acids is 1. The Morgan fingerprint density at radius 1 is 1.42 bits per heavy atom. The van der Waals surface area contributed by atoms with Crippen LogP contribution in [0, 0.1) is 12.8 Å². The molecule has 0 aliphatic carbocycles. The maximum Gasteiger partial charge on any atom is 0.321 e. The van der Waals surface area contributed by atoms with Crippen molar-refractivity contribution < 1.29 is 14.7 Å². The molecule has 0 unspecified atom stereocenters. The SMILES string of the molecule is CCc1cc(NC(=O)N2CC(C(=O)O)C2)ccc1C. The van der Waals surface area contributed by atoms with E-state index in [9.17, 15) is 9.59 Å². The molecule has 1 aromatic carbocycles. The summed E-state index contributed by atoms with van der Waals surface area (Å²) < 4.78 is 0. The second kappa shape index (κ2) is 5.30. The van der Waals surface area contributed by atoms with Crippen molar-refractivity contribution in [3.8, 4) is 0 Å². The minimum absolute atomic E-state index is 0.233. The van der Waals surface area contributed by atoms with Crippen molar-refractivity contribution in [2.45, 2.75) is 20.3 Å². The largest absolute Gasteiger partial charge is 0.481 e. The van der Waals surface area contributed by atoms with E-state index in [2.05, 4.69) is 12.2 Å². The van der Waals surface area contributed by atoms with Crippen molar-refractivity contribution in [1.29, 1.82) is 0 Å². The van der Waals surface area contributed by atoms with Crippen molar-refractivity contribution in [1.82, 2.24) is 4.90 Å². The Balaban J connectivity index is 1.95. The van der Waals surface area contributed by atoms with E-state index in [0.717, 1.165) is 12.1 Å². The summed E-state index contributed by atoms with van der Waals surface area (Å²) in [7, 11) is 0. The van der Waals surface area contributed by atoms with Gasteiger partial charge in [0.1, 0.15) is 0 Å². The van der Waals surface area contributed by atoms with Crippen molar-refractivity contribution in [2.75, 3.05) is 18.4 Å². The van der Waals surface area contributed by atoms with Crippen molar-refractivity contribution in [2.24, 2.45) is 5.92 Å². The minimum Gasteiger partial charge on any atom is -0.481 e. The van der Waals surface area contributed by atoms with E-state index in [1.165, 1.54) is 16.0 Å². The van der Waals surface area contributed by atoms with E-state index in [1.54, 1.807) is 0 Å². The number of amides is 2. The summed E-state index contributed by atoms with van der Waals surface area (Å²) in [5.74, 6) is -1.26. The molecule has 19 heavy (non-hydrogen) atoms. The van der Waals surface area contributed by atoms with Crippen molar-refractivity contribution >= 4 is 17.7 Å². The van der Waals surface area contributed by atoms with Gasteiger partial charge in [-0.05, 0) is 36.6 Å². The van der Waals surface area contributed by atoms with Gasteiger partial charge in [0, 0.05) is 18.8 Å². The lowest BCUT2D eigenvalue weighted by Crippen LogP contribution is -2.54. The molecule has 2 N–H and O–H groups in total. The van der Waals surface area contributed by atoms with Gasteiger partial charge in [-0.3, -0.25) is 4.79 Å². The summed E-state index contributed by atoms with van der Waals surface area (Å²) in [6, 6.07) is 5.57. The van der Waals surface area contributed by atoms with Crippen molar-refractivity contribution in [3.63, 3.8) is 0 Å². The first-order valence-electron chi connectivity index (χ1n) is 6.39. The smallest absolute Gasteiger partial charge is 0.321 e. The average Bonchev–Trinajstić information content (AvgIpc) is 2.29. The molecule has 2 rings (SSSR count). The van der Waals surface area contributed by atoms with Gasteiger partial charge in [0.05, 0.1) is 5.92 Å². The molecular weight excluding hydrogens is 244 g/mol. The zero-order valence-electron chi connectivity index (χ0n) is 11.1. The van der Waals surface area contributed by atoms with Gasteiger partial charge in [0.15, 0.2) is 0 Å². The fourth-order valence-electron chi connectivity index (χ4n) is 2.13. The van der Waals surface area contributed by atoms with E-state index >= 15 is 0 Å². The Labute approximate surface area is 112 Å². The van der Waals surface area contributed by atoms with Gasteiger partial charge in [0.25, 0.3) is 0 Å². The lowest BCUT2D eigenvalue weighted by molar-refractivity contribution is -0.145. The molecule has 0 aromatic heterocycles. The zero-order valence-corrected chi connectivity index (χ0v) is 11.1. The van der Waals surface area contributed by atoms with E-state index < -0.39 is 11.9 Å². The van der Waals surface area contributed by atoms with Crippen LogP contribution in [0.25, 0.3) is 0 Å². The molecule has 5 heteroatoms. The van der Waals surface area contributed by atoms with Crippen LogP contribution >= 0.6 is 0 Å². The molecule has 2 amide bonds. The number of nitrogens with one attached hydrogen (secondary N) is 1. The van der Waals surface area contributed by atoms with Gasteiger partial charge in [0.2, 0.25) is 0 Å². The number of carboxylic acid groups (broad SMARTS) is 1. The lowest BCUT2D eigenvalue weighted by Gasteiger charge is -2.36. The van der Waals surface area contributed by atoms with Gasteiger partial charge < -0.3 is 15.3 Å². The topological polar surface area (TPSA) is 69.6 Å². The van der Waals surface area contributed by atoms with Crippen LogP contribution in [0.2, 0.25) is 0 Å². The maximum absolute atomic E-state index is 11.9. The molecular formula is C14H18N2O3. The number of aryl methyl sites for hydroxylation is 2. The Morgan fingerprint density at radius 2 is 2.11 bits per heavy atom. The van der Waals surface area contributed by atoms with E-state index in [0.29, 0.717) is 0 Å². The van der Waals surface area contributed by atoms with Crippen molar-refractivity contribution in [3.05, 3.63) is 29.3 Å². The molecule has 1 saturated heterocycles. The Kier molecular flexibility index (Phi) is 3.74. The molecule has 0 radical (unpaired) electrons. The molecule has 1 aliphatic heterocycles. The molecule has 1 aromatic rings. The first kappa shape index (κ1) is 13.4. The second-order valence-electron chi connectivity index (χ2n) is 4.87. The van der Waals surface area contributed by atoms with E-state index in [4.69, 9.17) is 5.11 Å². The van der Waals surface area contributed by atoms with Crippen LogP contribution in [0.5, 0.6) is 0 Å². The predicted octanol–water partition coefficient (Wildman–Crippen LogP) is 2.11. The fourth-order valence-corrected chi connectivity index (χ4v) is 2.13. The number of nitrogens with zero attached hydrogens (tertiary/aromatic N) is 1. The molecule has 1 heterocycles. The Bertz CT molecular complexity index is 507. The third-order valence-electron chi connectivity index (χ3n) is 3.50. The summed E-state index contributed by atoms with van der Waals surface area (Å²) in [6.07, 6.45) is 0.917. The Hall–Kier alpha value is -2.04. The maximum atomic E-state index is 11.9. The van der Waals surface area contributed by atoms with Gasteiger partial charge >= 0.3 is 12.0 Å². The lowest BCUT2D eigenvalue weighted by atomic mass is 10.0. The number of carboxylic acids is 1. The number of hydrogen-bond acceptors (Lipinski definition) is 2. The van der Waals surface area contributed by atoms with Crippen LogP contribution in [0.15, 0.2) is 18.2 Å². The molecule has 5 nitrogen and oxygen atoms in total. The van der Waals surface area contributed by atoms with Crippen LogP contribution in [0.1, 0.15) is 18.1 Å². The number of benzene rings is 1. The van der Waals surface area contributed by atoms with Gasteiger partial charge in [-0.1, -0.05) is 13.0 Å². The molecule has 0 atom stereocenters. The standard InChI is InChI=1S/C14H18N2O3/c1-3-10-6-12(5-4-9(10)2)15-14(19)16-7-11(8-16)13(17)18/h4-6,11H,3,7-8H2,1-2H3,(H,15,19)(H,17,18). The third-order valence-corrected chi connectivity index (χ3v) is 3.50. The Morgan fingerprint density at radius 3 is 2.68 bits per heavy atom. The van der Waals surface area contributed by atoms with Crippen LogP contribution in [0.4, 0.5) is 10.5 Å². The molecule has 0 spiro atoms. The van der Waals surface area contributed by atoms with Crippen LogP contribution in [-0.4, -0.2) is 35.1 Å². The molecule has 1 fully saturated rings. The van der Waals surface area contributed by atoms with E-state index in [1.807, 2.05) is 25.1 Å². The molecule has 0 saturated carbocycles. The summed E-state index contributed by atoms with van der Waals surface area (Å²) in [4.78, 5) is 24.0. The highest BCUT2D eigenvalue weighted by atomic mass is 16.4. The van der Waals surface area contributed by atoms with Gasteiger partial charge in [-0.15, -0.1) is 0 Å². The summed E-state index contributed by atoms with van der Waals surface area (Å²) in [6.45, 7) is 4.68. The van der Waals surface area contributed by atoms with Gasteiger partial charge in [-0.25, -0.2) is 4.79 Å². The van der Waals surface area contributed by atoms with Crippen LogP contribution < -0.4 is 5.32 Å². The number of carbonyl (C=O) groups is 2. The second-order valence-corrected chi connectivity index (χ2v) is 4.87. The number of rotatable bonds is 3. The minimum atomic E-state index is -0.840. The highest BCUT2D eigenvalue weighted by Crippen LogP contribution is 2.19.